The molecular formula is C7H15O3P. The van der Waals surface area contributed by atoms with E-state index in [0.717, 1.165) is 18.7 Å². The quantitative estimate of drug-likeness (QED) is 0.595. The summed E-state index contributed by atoms with van der Waals surface area (Å²) in [5.41, 5.74) is 0. The Hall–Kier alpha value is -0.140. The zero-order chi connectivity index (χ0) is 8.69. The molecule has 0 radical (unpaired) electrons. The minimum absolute atomic E-state index is 0.125. The molecule has 0 fully saturated rings. The van der Waals surface area contributed by atoms with Crippen LogP contribution in [0.5, 0.6) is 0 Å². The SMILES string of the molecule is CP(CCO)CCCC(=O)O. The van der Waals surface area contributed by atoms with E-state index in [9.17, 15) is 4.79 Å². The topological polar surface area (TPSA) is 57.5 Å². The largest absolute Gasteiger partial charge is 0.481 e. The van der Waals surface area contributed by atoms with Crippen LogP contribution in [0.25, 0.3) is 0 Å². The van der Waals surface area contributed by atoms with Gasteiger partial charge in [-0.2, -0.15) is 0 Å². The summed E-state index contributed by atoms with van der Waals surface area (Å²) in [5, 5.41) is 16.9. The normalized spacial score (nSPS) is 12.9. The molecular weight excluding hydrogens is 163 g/mol. The molecule has 3 nitrogen and oxygen atoms in total. The van der Waals surface area contributed by atoms with Crippen LogP contribution in [-0.4, -0.2) is 41.8 Å². The molecule has 0 saturated carbocycles. The Morgan fingerprint density at radius 3 is 2.55 bits per heavy atom. The Bertz CT molecular complexity index is 116. The first kappa shape index (κ1) is 10.9. The number of hydrogen-bond acceptors (Lipinski definition) is 2. The summed E-state index contributed by atoms with van der Waals surface area (Å²) in [4.78, 5) is 10.1. The fraction of sp³-hybridized carbons (Fsp3) is 0.857. The van der Waals surface area contributed by atoms with Crippen LogP contribution in [0.15, 0.2) is 0 Å². The number of carbonyl (C=O) groups is 1. The lowest BCUT2D eigenvalue weighted by Crippen LogP contribution is -1.98. The van der Waals surface area contributed by atoms with Gasteiger partial charge in [-0.25, -0.2) is 0 Å². The molecule has 0 aromatic carbocycles. The van der Waals surface area contributed by atoms with Crippen LogP contribution in [0.3, 0.4) is 0 Å². The highest BCUT2D eigenvalue weighted by Crippen LogP contribution is 2.30. The predicted octanol–water partition coefficient (Wildman–Crippen LogP) is 0.955. The third-order valence-corrected chi connectivity index (χ3v) is 3.46. The maximum absolute atomic E-state index is 10.1. The molecule has 0 aliphatic rings. The number of aliphatic hydroxyl groups excluding tert-OH is 1. The lowest BCUT2D eigenvalue weighted by molar-refractivity contribution is -0.137. The first-order valence-electron chi connectivity index (χ1n) is 3.68. The molecule has 11 heavy (non-hydrogen) atoms. The van der Waals surface area contributed by atoms with Crippen LogP contribution >= 0.6 is 7.92 Å². The van der Waals surface area contributed by atoms with Gasteiger partial charge in [0.15, 0.2) is 0 Å². The second-order valence-corrected chi connectivity index (χ2v) is 5.13. The van der Waals surface area contributed by atoms with Crippen molar-refractivity contribution < 1.29 is 15.0 Å². The van der Waals surface area contributed by atoms with Gasteiger partial charge in [-0.05, 0) is 25.4 Å². The lowest BCUT2D eigenvalue weighted by Gasteiger charge is -2.08. The van der Waals surface area contributed by atoms with Crippen LogP contribution in [0.2, 0.25) is 0 Å². The highest BCUT2D eigenvalue weighted by atomic mass is 31.1. The standard InChI is InChI=1S/C7H15O3P/c1-11(6-4-8)5-2-3-7(9)10/h8H,2-6H2,1H3,(H,9,10). The molecule has 1 unspecified atom stereocenters. The van der Waals surface area contributed by atoms with Crippen molar-refractivity contribution in [2.24, 2.45) is 0 Å². The van der Waals surface area contributed by atoms with Crippen LogP contribution in [0.4, 0.5) is 0 Å². The van der Waals surface area contributed by atoms with Crippen molar-refractivity contribution in [1.82, 2.24) is 0 Å². The maximum Gasteiger partial charge on any atom is 0.303 e. The molecule has 0 aromatic heterocycles. The maximum atomic E-state index is 10.1. The van der Waals surface area contributed by atoms with Crippen LogP contribution in [0, 0.1) is 0 Å². The molecule has 0 heterocycles. The number of carboxylic acid groups (broad SMARTS) is 1. The van der Waals surface area contributed by atoms with E-state index < -0.39 is 5.97 Å². The zero-order valence-electron chi connectivity index (χ0n) is 6.79. The lowest BCUT2D eigenvalue weighted by atomic mass is 10.3. The summed E-state index contributed by atoms with van der Waals surface area (Å²) in [6, 6.07) is 0. The summed E-state index contributed by atoms with van der Waals surface area (Å²) in [5.74, 6) is -0.725. The number of hydrogen-bond donors (Lipinski definition) is 2. The van der Waals surface area contributed by atoms with E-state index in [4.69, 9.17) is 10.2 Å². The van der Waals surface area contributed by atoms with E-state index in [-0.39, 0.29) is 20.9 Å². The third-order valence-electron chi connectivity index (χ3n) is 1.41. The van der Waals surface area contributed by atoms with Gasteiger partial charge in [0.2, 0.25) is 0 Å². The molecule has 66 valence electrons. The zero-order valence-corrected chi connectivity index (χ0v) is 7.68. The number of rotatable bonds is 6. The summed E-state index contributed by atoms with van der Waals surface area (Å²) in [6.45, 7) is 2.32. The van der Waals surface area contributed by atoms with Crippen LogP contribution in [-0.2, 0) is 4.79 Å². The van der Waals surface area contributed by atoms with Crippen LogP contribution < -0.4 is 0 Å². The molecule has 0 amide bonds. The summed E-state index contributed by atoms with van der Waals surface area (Å²) in [7, 11) is -0.125. The molecule has 0 aromatic rings. The van der Waals surface area contributed by atoms with Crippen LogP contribution in [0.1, 0.15) is 12.8 Å². The van der Waals surface area contributed by atoms with Crippen molar-refractivity contribution in [3.05, 3.63) is 0 Å². The van der Waals surface area contributed by atoms with Gasteiger partial charge in [0, 0.05) is 13.0 Å². The average molecular weight is 178 g/mol. The first-order valence-corrected chi connectivity index (χ1v) is 5.84. The highest BCUT2D eigenvalue weighted by Gasteiger charge is 2.01. The van der Waals surface area contributed by atoms with E-state index in [1.807, 2.05) is 0 Å². The second kappa shape index (κ2) is 6.56. The third kappa shape index (κ3) is 7.76. The van der Waals surface area contributed by atoms with E-state index >= 15 is 0 Å². The van der Waals surface area contributed by atoms with Crippen molar-refractivity contribution in [1.29, 1.82) is 0 Å². The Kier molecular flexibility index (Phi) is 6.48. The van der Waals surface area contributed by atoms with E-state index in [1.54, 1.807) is 0 Å². The molecule has 0 bridgehead atoms. The molecule has 4 heteroatoms. The number of carboxylic acids is 1. The molecule has 0 saturated heterocycles. The second-order valence-electron chi connectivity index (χ2n) is 2.52. The average Bonchev–Trinajstić information content (AvgIpc) is 1.87. The Labute approximate surface area is 68.2 Å². The van der Waals surface area contributed by atoms with Gasteiger partial charge in [0.05, 0.1) is 0 Å². The first-order chi connectivity index (χ1) is 5.16. The van der Waals surface area contributed by atoms with Crippen molar-refractivity contribution in [2.45, 2.75) is 12.8 Å². The van der Waals surface area contributed by atoms with Gasteiger partial charge < -0.3 is 10.2 Å². The van der Waals surface area contributed by atoms with Gasteiger partial charge in [-0.3, -0.25) is 4.79 Å². The monoisotopic (exact) mass is 178 g/mol. The van der Waals surface area contributed by atoms with Gasteiger partial charge in [0.25, 0.3) is 0 Å². The molecule has 0 aliphatic carbocycles. The molecule has 0 aliphatic heterocycles. The van der Waals surface area contributed by atoms with Gasteiger partial charge in [-0.15, -0.1) is 7.92 Å². The van der Waals surface area contributed by atoms with Crippen molar-refractivity contribution >= 4 is 13.9 Å². The minimum atomic E-state index is -0.725. The Morgan fingerprint density at radius 2 is 2.09 bits per heavy atom. The molecule has 0 spiro atoms. The fourth-order valence-electron chi connectivity index (χ4n) is 0.783. The minimum Gasteiger partial charge on any atom is -0.481 e. The Morgan fingerprint density at radius 1 is 1.45 bits per heavy atom. The van der Waals surface area contributed by atoms with Crippen molar-refractivity contribution in [2.75, 3.05) is 25.6 Å². The van der Waals surface area contributed by atoms with Gasteiger partial charge in [-0.1, -0.05) is 0 Å². The van der Waals surface area contributed by atoms with E-state index in [1.165, 1.54) is 0 Å². The molecule has 0 rings (SSSR count). The summed E-state index contributed by atoms with van der Waals surface area (Å²) < 4.78 is 0. The Balaban J connectivity index is 3.16. The summed E-state index contributed by atoms with van der Waals surface area (Å²) in [6.07, 6.45) is 2.81. The molecule has 1 atom stereocenters. The summed E-state index contributed by atoms with van der Waals surface area (Å²) >= 11 is 0. The van der Waals surface area contributed by atoms with Crippen molar-refractivity contribution in [3.8, 4) is 0 Å². The smallest absolute Gasteiger partial charge is 0.303 e. The fourth-order valence-corrected chi connectivity index (χ4v) is 2.05. The highest BCUT2D eigenvalue weighted by molar-refractivity contribution is 7.56. The van der Waals surface area contributed by atoms with E-state index in [0.29, 0.717) is 0 Å². The van der Waals surface area contributed by atoms with Gasteiger partial charge >= 0.3 is 5.97 Å². The van der Waals surface area contributed by atoms with Crippen molar-refractivity contribution in [3.63, 3.8) is 0 Å². The molecule has 2 N–H and O–H groups in total. The van der Waals surface area contributed by atoms with E-state index in [2.05, 4.69) is 6.66 Å². The predicted molar refractivity (Wildman–Crippen MR) is 46.5 cm³/mol. The number of aliphatic hydroxyl groups is 1. The number of aliphatic carboxylic acids is 1. The van der Waals surface area contributed by atoms with Gasteiger partial charge in [0.1, 0.15) is 0 Å².